The summed E-state index contributed by atoms with van der Waals surface area (Å²) in [5, 5.41) is 3.67. The van der Waals surface area contributed by atoms with Gasteiger partial charge in [-0.2, -0.15) is 0 Å². The second kappa shape index (κ2) is 4.45. The summed E-state index contributed by atoms with van der Waals surface area (Å²) in [5.41, 5.74) is 1.06. The smallest absolute Gasteiger partial charge is 0.123 e. The number of fused-ring (bicyclic) bond motifs is 5. The molecular formula is C17H20FN. The van der Waals surface area contributed by atoms with E-state index in [0.29, 0.717) is 6.04 Å². The van der Waals surface area contributed by atoms with Gasteiger partial charge in [-0.25, -0.2) is 4.39 Å². The lowest BCUT2D eigenvalue weighted by molar-refractivity contribution is 0.230. The fraction of sp³-hybridized carbons (Fsp3) is 0.529. The van der Waals surface area contributed by atoms with Crippen molar-refractivity contribution in [2.75, 3.05) is 0 Å². The SMILES string of the molecule is Fc1cccc(CN[C@@H]2CC3CC2[C@@H]2C=CC[C@H]32)c1. The molecule has 1 nitrogen and oxygen atoms in total. The fourth-order valence-electron chi connectivity index (χ4n) is 4.68. The number of allylic oxidation sites excluding steroid dienone is 2. The lowest BCUT2D eigenvalue weighted by atomic mass is 9.79. The molecule has 1 aromatic carbocycles. The van der Waals surface area contributed by atoms with E-state index < -0.39 is 0 Å². The second-order valence-electron chi connectivity index (χ2n) is 6.42. The maximum atomic E-state index is 13.2. The van der Waals surface area contributed by atoms with Crippen LogP contribution in [-0.4, -0.2) is 6.04 Å². The zero-order chi connectivity index (χ0) is 12.8. The molecule has 2 fully saturated rings. The first-order chi connectivity index (χ1) is 9.31. The molecule has 0 amide bonds. The van der Waals surface area contributed by atoms with Crippen LogP contribution in [0.15, 0.2) is 36.4 Å². The van der Waals surface area contributed by atoms with E-state index in [9.17, 15) is 4.39 Å². The van der Waals surface area contributed by atoms with E-state index in [1.165, 1.54) is 25.3 Å². The minimum absolute atomic E-state index is 0.133. The molecule has 0 spiro atoms. The van der Waals surface area contributed by atoms with Crippen molar-refractivity contribution in [1.82, 2.24) is 5.32 Å². The Kier molecular flexibility index (Phi) is 2.73. The van der Waals surface area contributed by atoms with Crippen molar-refractivity contribution in [3.8, 4) is 0 Å². The van der Waals surface area contributed by atoms with E-state index >= 15 is 0 Å². The molecule has 5 atom stereocenters. The van der Waals surface area contributed by atoms with Crippen molar-refractivity contribution < 1.29 is 4.39 Å². The minimum Gasteiger partial charge on any atom is -0.310 e. The fourth-order valence-corrected chi connectivity index (χ4v) is 4.68. The van der Waals surface area contributed by atoms with Crippen LogP contribution in [0.4, 0.5) is 4.39 Å². The molecule has 19 heavy (non-hydrogen) atoms. The van der Waals surface area contributed by atoms with Crippen molar-refractivity contribution >= 4 is 0 Å². The Balaban J connectivity index is 1.41. The quantitative estimate of drug-likeness (QED) is 0.817. The molecule has 2 bridgehead atoms. The van der Waals surface area contributed by atoms with Gasteiger partial charge in [-0.1, -0.05) is 24.3 Å². The first-order valence-corrected chi connectivity index (χ1v) is 7.46. The monoisotopic (exact) mass is 257 g/mol. The molecule has 0 saturated heterocycles. The van der Waals surface area contributed by atoms with E-state index in [0.717, 1.165) is 35.8 Å². The van der Waals surface area contributed by atoms with E-state index in [4.69, 9.17) is 0 Å². The third kappa shape index (κ3) is 1.93. The van der Waals surface area contributed by atoms with Crippen LogP contribution >= 0.6 is 0 Å². The molecule has 3 aliphatic carbocycles. The highest BCUT2D eigenvalue weighted by Crippen LogP contribution is 2.56. The summed E-state index contributed by atoms with van der Waals surface area (Å²) in [6, 6.07) is 7.58. The van der Waals surface area contributed by atoms with Crippen LogP contribution in [0.25, 0.3) is 0 Å². The third-order valence-electron chi connectivity index (χ3n) is 5.47. The van der Waals surface area contributed by atoms with Gasteiger partial charge in [-0.05, 0) is 60.6 Å². The summed E-state index contributed by atoms with van der Waals surface area (Å²) in [6.07, 6.45) is 8.86. The Morgan fingerprint density at radius 1 is 1.21 bits per heavy atom. The third-order valence-corrected chi connectivity index (χ3v) is 5.47. The maximum Gasteiger partial charge on any atom is 0.123 e. The van der Waals surface area contributed by atoms with E-state index in [1.54, 1.807) is 12.1 Å². The van der Waals surface area contributed by atoms with Gasteiger partial charge in [0.25, 0.3) is 0 Å². The van der Waals surface area contributed by atoms with Crippen molar-refractivity contribution in [2.45, 2.75) is 31.8 Å². The van der Waals surface area contributed by atoms with Crippen LogP contribution in [-0.2, 0) is 6.54 Å². The number of hydrogen-bond donors (Lipinski definition) is 1. The number of hydrogen-bond acceptors (Lipinski definition) is 1. The number of benzene rings is 1. The Morgan fingerprint density at radius 3 is 3.05 bits per heavy atom. The zero-order valence-corrected chi connectivity index (χ0v) is 11.1. The minimum atomic E-state index is -0.133. The largest absolute Gasteiger partial charge is 0.310 e. The second-order valence-corrected chi connectivity index (χ2v) is 6.42. The maximum absolute atomic E-state index is 13.2. The van der Waals surface area contributed by atoms with Gasteiger partial charge in [-0.3, -0.25) is 0 Å². The lowest BCUT2D eigenvalue weighted by Crippen LogP contribution is -2.38. The first kappa shape index (κ1) is 11.7. The molecule has 4 rings (SSSR count). The highest BCUT2D eigenvalue weighted by atomic mass is 19.1. The molecule has 1 N–H and O–H groups in total. The standard InChI is InChI=1S/C17H20FN/c18-13-4-1-3-11(7-13)10-19-17-9-12-8-16(17)15-6-2-5-14(12)15/h1-4,6-7,12,14-17,19H,5,8-10H2/t12?,14-,15-,16?,17-/m1/s1. The van der Waals surface area contributed by atoms with Crippen molar-refractivity contribution in [3.63, 3.8) is 0 Å². The molecule has 1 aromatic rings. The van der Waals surface area contributed by atoms with Gasteiger partial charge in [0.15, 0.2) is 0 Å². The van der Waals surface area contributed by atoms with Crippen molar-refractivity contribution in [3.05, 3.63) is 47.8 Å². The average molecular weight is 257 g/mol. The van der Waals surface area contributed by atoms with E-state index in [2.05, 4.69) is 17.5 Å². The highest BCUT2D eigenvalue weighted by Gasteiger charge is 2.51. The molecule has 2 saturated carbocycles. The van der Waals surface area contributed by atoms with Crippen LogP contribution in [0.5, 0.6) is 0 Å². The van der Waals surface area contributed by atoms with Gasteiger partial charge in [-0.15, -0.1) is 0 Å². The Bertz CT molecular complexity index is 510. The van der Waals surface area contributed by atoms with Gasteiger partial charge in [0.1, 0.15) is 5.82 Å². The van der Waals surface area contributed by atoms with Gasteiger partial charge in [0.05, 0.1) is 0 Å². The predicted molar refractivity (Wildman–Crippen MR) is 74.0 cm³/mol. The summed E-state index contributed by atoms with van der Waals surface area (Å²) in [7, 11) is 0. The molecule has 0 aromatic heterocycles. The highest BCUT2D eigenvalue weighted by molar-refractivity contribution is 5.18. The number of rotatable bonds is 3. The molecule has 0 heterocycles. The number of halogens is 1. The average Bonchev–Trinajstić information content (AvgIpc) is 3.08. The van der Waals surface area contributed by atoms with Crippen LogP contribution in [0.2, 0.25) is 0 Å². The zero-order valence-electron chi connectivity index (χ0n) is 11.1. The van der Waals surface area contributed by atoms with Crippen LogP contribution in [0.3, 0.4) is 0 Å². The summed E-state index contributed by atoms with van der Waals surface area (Å²) in [4.78, 5) is 0. The Labute approximate surface area is 113 Å². The van der Waals surface area contributed by atoms with Crippen LogP contribution < -0.4 is 5.32 Å². The van der Waals surface area contributed by atoms with Crippen LogP contribution in [0, 0.1) is 29.5 Å². The molecule has 0 aliphatic heterocycles. The lowest BCUT2D eigenvalue weighted by Gasteiger charge is -2.32. The van der Waals surface area contributed by atoms with E-state index in [1.807, 2.05) is 6.07 Å². The molecule has 0 radical (unpaired) electrons. The van der Waals surface area contributed by atoms with Crippen LogP contribution in [0.1, 0.15) is 24.8 Å². The molecule has 100 valence electrons. The van der Waals surface area contributed by atoms with Crippen molar-refractivity contribution in [1.29, 1.82) is 0 Å². The van der Waals surface area contributed by atoms with Gasteiger partial charge >= 0.3 is 0 Å². The summed E-state index contributed by atoms with van der Waals surface area (Å²) < 4.78 is 13.2. The molecular weight excluding hydrogens is 237 g/mol. The Hall–Kier alpha value is -1.15. The molecule has 2 unspecified atom stereocenters. The van der Waals surface area contributed by atoms with Gasteiger partial charge in [0, 0.05) is 12.6 Å². The summed E-state index contributed by atoms with van der Waals surface area (Å²) in [6.45, 7) is 0.798. The summed E-state index contributed by atoms with van der Waals surface area (Å²) in [5.74, 6) is 3.38. The molecule has 2 heteroatoms. The van der Waals surface area contributed by atoms with Gasteiger partial charge < -0.3 is 5.32 Å². The van der Waals surface area contributed by atoms with Crippen molar-refractivity contribution in [2.24, 2.45) is 23.7 Å². The first-order valence-electron chi connectivity index (χ1n) is 7.46. The topological polar surface area (TPSA) is 12.0 Å². The summed E-state index contributed by atoms with van der Waals surface area (Å²) >= 11 is 0. The number of nitrogens with one attached hydrogen (secondary N) is 1. The normalized spacial score (nSPS) is 38.9. The Morgan fingerprint density at radius 2 is 2.16 bits per heavy atom. The predicted octanol–water partition coefficient (Wildman–Crippen LogP) is 3.52. The van der Waals surface area contributed by atoms with E-state index in [-0.39, 0.29) is 5.82 Å². The molecule has 3 aliphatic rings. The van der Waals surface area contributed by atoms with Gasteiger partial charge in [0.2, 0.25) is 0 Å².